The summed E-state index contributed by atoms with van der Waals surface area (Å²) in [6, 6.07) is 17.8. The second-order valence-corrected chi connectivity index (χ2v) is 7.47. The lowest BCUT2D eigenvalue weighted by molar-refractivity contribution is 0.546. The highest BCUT2D eigenvalue weighted by atomic mass is 32.2. The van der Waals surface area contributed by atoms with Gasteiger partial charge in [-0.2, -0.15) is 0 Å². The first-order valence-electron chi connectivity index (χ1n) is 7.70. The molecule has 0 bridgehead atoms. The lowest BCUT2D eigenvalue weighted by atomic mass is 9.98. The SMILES string of the molecule is Cc1ccccc1C(CC/C=C/c1ccccc1)NS(C)(=O)=O. The normalized spacial score (nSPS) is 13.3. The molecule has 2 aromatic rings. The highest BCUT2D eigenvalue weighted by Crippen LogP contribution is 2.23. The number of allylic oxidation sites excluding steroid dienone is 1. The predicted molar refractivity (Wildman–Crippen MR) is 96.6 cm³/mol. The smallest absolute Gasteiger partial charge is 0.209 e. The maximum absolute atomic E-state index is 11.7. The zero-order chi connectivity index (χ0) is 16.7. The summed E-state index contributed by atoms with van der Waals surface area (Å²) in [6.45, 7) is 2.01. The summed E-state index contributed by atoms with van der Waals surface area (Å²) in [5.74, 6) is 0. The molecule has 3 nitrogen and oxygen atoms in total. The van der Waals surface area contributed by atoms with E-state index in [-0.39, 0.29) is 6.04 Å². The minimum absolute atomic E-state index is 0.202. The molecule has 122 valence electrons. The monoisotopic (exact) mass is 329 g/mol. The van der Waals surface area contributed by atoms with Gasteiger partial charge in [-0.05, 0) is 36.5 Å². The molecule has 0 amide bonds. The lowest BCUT2D eigenvalue weighted by Crippen LogP contribution is -2.27. The fourth-order valence-corrected chi connectivity index (χ4v) is 3.32. The van der Waals surface area contributed by atoms with Gasteiger partial charge < -0.3 is 0 Å². The van der Waals surface area contributed by atoms with Crippen molar-refractivity contribution in [3.05, 3.63) is 77.4 Å². The molecule has 0 aliphatic carbocycles. The molecule has 1 N–H and O–H groups in total. The van der Waals surface area contributed by atoms with Crippen molar-refractivity contribution < 1.29 is 8.42 Å². The Morgan fingerprint density at radius 3 is 2.35 bits per heavy atom. The molecule has 0 saturated carbocycles. The summed E-state index contributed by atoms with van der Waals surface area (Å²) in [6.07, 6.45) is 6.88. The molecule has 0 saturated heterocycles. The van der Waals surface area contributed by atoms with Crippen LogP contribution in [0.3, 0.4) is 0 Å². The average molecular weight is 329 g/mol. The van der Waals surface area contributed by atoms with Gasteiger partial charge in [0.25, 0.3) is 0 Å². The maximum Gasteiger partial charge on any atom is 0.209 e. The van der Waals surface area contributed by atoms with E-state index in [4.69, 9.17) is 0 Å². The minimum Gasteiger partial charge on any atom is -0.213 e. The van der Waals surface area contributed by atoms with Crippen LogP contribution in [0, 0.1) is 6.92 Å². The van der Waals surface area contributed by atoms with Crippen LogP contribution in [0.15, 0.2) is 60.7 Å². The van der Waals surface area contributed by atoms with Crippen molar-refractivity contribution in [2.24, 2.45) is 0 Å². The molecule has 2 rings (SSSR count). The standard InChI is InChI=1S/C19H23NO2S/c1-16-10-6-8-14-18(16)19(20-23(2,21)22)15-9-7-13-17-11-4-3-5-12-17/h3-8,10-14,19-20H,9,15H2,1-2H3/b13-7+. The molecular formula is C19H23NO2S. The molecule has 23 heavy (non-hydrogen) atoms. The zero-order valence-corrected chi connectivity index (χ0v) is 14.4. The Morgan fingerprint density at radius 1 is 1.04 bits per heavy atom. The number of hydrogen-bond acceptors (Lipinski definition) is 2. The Bertz CT molecular complexity index is 752. The molecule has 0 heterocycles. The molecule has 2 aromatic carbocycles. The molecule has 0 spiro atoms. The van der Waals surface area contributed by atoms with Gasteiger partial charge in [0.2, 0.25) is 10.0 Å². The Hall–Kier alpha value is -1.91. The minimum atomic E-state index is -3.25. The summed E-state index contributed by atoms with van der Waals surface area (Å²) in [4.78, 5) is 0. The molecule has 0 aliphatic rings. The third-order valence-electron chi connectivity index (χ3n) is 3.65. The van der Waals surface area contributed by atoms with Crippen LogP contribution in [0.4, 0.5) is 0 Å². The van der Waals surface area contributed by atoms with Crippen LogP contribution in [0.25, 0.3) is 6.08 Å². The van der Waals surface area contributed by atoms with E-state index >= 15 is 0 Å². The number of nitrogens with one attached hydrogen (secondary N) is 1. The van der Waals surface area contributed by atoms with E-state index in [0.717, 1.165) is 29.5 Å². The Kier molecular flexibility index (Phi) is 6.13. The molecule has 0 radical (unpaired) electrons. The fourth-order valence-electron chi connectivity index (χ4n) is 2.56. The van der Waals surface area contributed by atoms with E-state index in [1.54, 1.807) is 0 Å². The maximum atomic E-state index is 11.7. The van der Waals surface area contributed by atoms with Crippen LogP contribution in [-0.4, -0.2) is 14.7 Å². The van der Waals surface area contributed by atoms with Crippen LogP contribution in [0.2, 0.25) is 0 Å². The summed E-state index contributed by atoms with van der Waals surface area (Å²) >= 11 is 0. The van der Waals surface area contributed by atoms with Crippen LogP contribution >= 0.6 is 0 Å². The van der Waals surface area contributed by atoms with Crippen molar-refractivity contribution in [2.45, 2.75) is 25.8 Å². The van der Waals surface area contributed by atoms with Gasteiger partial charge in [-0.1, -0.05) is 66.7 Å². The van der Waals surface area contributed by atoms with Crippen LogP contribution in [0.1, 0.15) is 35.6 Å². The Morgan fingerprint density at radius 2 is 1.70 bits per heavy atom. The van der Waals surface area contributed by atoms with Gasteiger partial charge in [-0.15, -0.1) is 0 Å². The first-order chi connectivity index (χ1) is 11.0. The molecular weight excluding hydrogens is 306 g/mol. The largest absolute Gasteiger partial charge is 0.213 e. The van der Waals surface area contributed by atoms with Crippen molar-refractivity contribution in [3.63, 3.8) is 0 Å². The average Bonchev–Trinajstić information content (AvgIpc) is 2.51. The number of rotatable bonds is 7. The molecule has 4 heteroatoms. The van der Waals surface area contributed by atoms with Crippen LogP contribution in [0.5, 0.6) is 0 Å². The summed E-state index contributed by atoms with van der Waals surface area (Å²) in [5, 5.41) is 0. The highest BCUT2D eigenvalue weighted by Gasteiger charge is 2.16. The number of sulfonamides is 1. The van der Waals surface area contributed by atoms with E-state index in [1.165, 1.54) is 6.26 Å². The van der Waals surface area contributed by atoms with Gasteiger partial charge in [0, 0.05) is 6.04 Å². The summed E-state index contributed by atoms with van der Waals surface area (Å²) in [5.41, 5.74) is 3.28. The van der Waals surface area contributed by atoms with Gasteiger partial charge in [-0.25, -0.2) is 13.1 Å². The van der Waals surface area contributed by atoms with E-state index in [0.29, 0.717) is 0 Å². The summed E-state index contributed by atoms with van der Waals surface area (Å²) in [7, 11) is -3.25. The fraction of sp³-hybridized carbons (Fsp3) is 0.263. The van der Waals surface area contributed by atoms with Gasteiger partial charge in [0.1, 0.15) is 0 Å². The van der Waals surface area contributed by atoms with E-state index in [9.17, 15) is 8.42 Å². The Labute approximate surface area is 139 Å². The molecule has 0 aliphatic heterocycles. The third-order valence-corrected chi connectivity index (χ3v) is 4.36. The topological polar surface area (TPSA) is 46.2 Å². The lowest BCUT2D eigenvalue weighted by Gasteiger charge is -2.19. The quantitative estimate of drug-likeness (QED) is 0.832. The third kappa shape index (κ3) is 6.00. The van der Waals surface area contributed by atoms with Crippen LogP contribution in [-0.2, 0) is 10.0 Å². The van der Waals surface area contributed by atoms with Crippen molar-refractivity contribution in [1.29, 1.82) is 0 Å². The highest BCUT2D eigenvalue weighted by molar-refractivity contribution is 7.88. The second-order valence-electron chi connectivity index (χ2n) is 5.69. The van der Waals surface area contributed by atoms with Crippen molar-refractivity contribution in [2.75, 3.05) is 6.26 Å². The first-order valence-corrected chi connectivity index (χ1v) is 9.59. The number of aryl methyl sites for hydroxylation is 1. The van der Waals surface area contributed by atoms with Gasteiger partial charge in [0.05, 0.1) is 6.26 Å². The molecule has 1 atom stereocenters. The predicted octanol–water partition coefficient (Wildman–Crippen LogP) is 4.08. The van der Waals surface area contributed by atoms with E-state index in [2.05, 4.69) is 16.9 Å². The van der Waals surface area contributed by atoms with Gasteiger partial charge in [-0.3, -0.25) is 0 Å². The van der Waals surface area contributed by atoms with E-state index < -0.39 is 10.0 Å². The number of hydrogen-bond donors (Lipinski definition) is 1. The first kappa shape index (κ1) is 17.4. The van der Waals surface area contributed by atoms with Crippen molar-refractivity contribution >= 4 is 16.1 Å². The molecule has 0 aromatic heterocycles. The van der Waals surface area contributed by atoms with Gasteiger partial charge in [0.15, 0.2) is 0 Å². The van der Waals surface area contributed by atoms with Crippen LogP contribution < -0.4 is 4.72 Å². The van der Waals surface area contributed by atoms with E-state index in [1.807, 2.05) is 61.5 Å². The number of benzene rings is 2. The summed E-state index contributed by atoms with van der Waals surface area (Å²) < 4.78 is 26.1. The van der Waals surface area contributed by atoms with Gasteiger partial charge >= 0.3 is 0 Å². The molecule has 1 unspecified atom stereocenters. The second kappa shape index (κ2) is 8.09. The van der Waals surface area contributed by atoms with Crippen molar-refractivity contribution in [3.8, 4) is 0 Å². The zero-order valence-electron chi connectivity index (χ0n) is 13.6. The van der Waals surface area contributed by atoms with Crippen molar-refractivity contribution in [1.82, 2.24) is 4.72 Å². The molecule has 0 fully saturated rings. The Balaban J connectivity index is 2.07.